The Morgan fingerprint density at radius 1 is 1.04 bits per heavy atom. The summed E-state index contributed by atoms with van der Waals surface area (Å²) >= 11 is 0. The van der Waals surface area contributed by atoms with Gasteiger partial charge >= 0.3 is 0 Å². The highest BCUT2D eigenvalue weighted by atomic mass is 19.1. The maximum Gasteiger partial charge on any atom is 0.184 e. The Kier molecular flexibility index (Phi) is 3.15. The van der Waals surface area contributed by atoms with Crippen molar-refractivity contribution in [3.63, 3.8) is 0 Å². The van der Waals surface area contributed by atoms with Crippen molar-refractivity contribution in [2.24, 2.45) is 0 Å². The van der Waals surface area contributed by atoms with E-state index in [1.54, 1.807) is 23.8 Å². The summed E-state index contributed by atoms with van der Waals surface area (Å²) in [6.07, 6.45) is 0.569. The average Bonchev–Trinajstić information content (AvgIpc) is 2.94. The van der Waals surface area contributed by atoms with Crippen LogP contribution in [0.25, 0.3) is 16.6 Å². The summed E-state index contributed by atoms with van der Waals surface area (Å²) in [6.45, 7) is 0. The van der Waals surface area contributed by atoms with Gasteiger partial charge in [-0.25, -0.2) is 9.37 Å². The molecular weight excluding hydrogens is 293 g/mol. The summed E-state index contributed by atoms with van der Waals surface area (Å²) in [5.74, 6) is 0.417. The van der Waals surface area contributed by atoms with Crippen LogP contribution in [0.15, 0.2) is 48.5 Å². The Labute approximate surface area is 131 Å². The van der Waals surface area contributed by atoms with E-state index in [2.05, 4.69) is 15.5 Å². The first-order valence-electron chi connectivity index (χ1n) is 7.31. The van der Waals surface area contributed by atoms with Gasteiger partial charge in [-0.05, 0) is 29.8 Å². The number of nitrogens with zero attached hydrogens (tertiary/aromatic N) is 4. The van der Waals surface area contributed by atoms with Gasteiger partial charge in [0.2, 0.25) is 0 Å². The minimum atomic E-state index is -0.245. The van der Waals surface area contributed by atoms with E-state index in [0.29, 0.717) is 12.2 Å². The summed E-state index contributed by atoms with van der Waals surface area (Å²) in [7, 11) is 1.80. The van der Waals surface area contributed by atoms with Crippen LogP contribution in [0.1, 0.15) is 11.3 Å². The van der Waals surface area contributed by atoms with Crippen LogP contribution in [0.5, 0.6) is 0 Å². The fourth-order valence-electron chi connectivity index (χ4n) is 2.63. The van der Waals surface area contributed by atoms with Crippen LogP contribution >= 0.6 is 0 Å². The van der Waals surface area contributed by atoms with Crippen LogP contribution in [-0.2, 0) is 6.42 Å². The Hall–Kier alpha value is -3.02. The van der Waals surface area contributed by atoms with E-state index in [-0.39, 0.29) is 5.82 Å². The molecule has 2 aromatic heterocycles. The second-order valence-electron chi connectivity index (χ2n) is 5.29. The molecule has 4 rings (SSSR count). The molecule has 114 valence electrons. The Balaban J connectivity index is 1.86. The molecule has 1 N–H and O–H groups in total. The molecule has 2 heterocycles. The summed E-state index contributed by atoms with van der Waals surface area (Å²) in [4.78, 5) is 4.73. The first-order valence-corrected chi connectivity index (χ1v) is 7.31. The molecule has 0 amide bonds. The predicted octanol–water partition coefficient (Wildman–Crippen LogP) is 3.05. The van der Waals surface area contributed by atoms with Crippen molar-refractivity contribution in [1.82, 2.24) is 19.8 Å². The molecule has 0 atom stereocenters. The fraction of sp³-hybridized carbons (Fsp3) is 0.118. The van der Waals surface area contributed by atoms with Gasteiger partial charge in [0.15, 0.2) is 11.5 Å². The van der Waals surface area contributed by atoms with Crippen LogP contribution in [-0.4, -0.2) is 26.9 Å². The highest BCUT2D eigenvalue weighted by molar-refractivity contribution is 5.91. The van der Waals surface area contributed by atoms with Gasteiger partial charge in [-0.1, -0.05) is 24.3 Å². The van der Waals surface area contributed by atoms with Crippen molar-refractivity contribution < 1.29 is 4.39 Å². The number of aromatic nitrogens is 4. The monoisotopic (exact) mass is 307 g/mol. The molecule has 0 spiro atoms. The molecule has 0 fully saturated rings. The molecule has 23 heavy (non-hydrogen) atoms. The quantitative estimate of drug-likeness (QED) is 0.632. The third kappa shape index (κ3) is 2.38. The standard InChI is InChI=1S/C17H14FN5/c1-19-16-15(10-11-6-8-12(18)9-7-11)20-17-13-4-2-3-5-14(13)21-23(17)22-16/h2-9H,10H2,1H3,(H,19,22). The van der Waals surface area contributed by atoms with Crippen LogP contribution in [0, 0.1) is 5.82 Å². The van der Waals surface area contributed by atoms with Crippen LogP contribution in [0.2, 0.25) is 0 Å². The molecule has 0 saturated carbocycles. The Morgan fingerprint density at radius 2 is 1.83 bits per heavy atom. The number of fused-ring (bicyclic) bond motifs is 3. The number of rotatable bonds is 3. The van der Waals surface area contributed by atoms with Crippen molar-refractivity contribution in [1.29, 1.82) is 0 Å². The molecule has 0 aliphatic heterocycles. The number of halogens is 1. The third-order valence-corrected chi connectivity index (χ3v) is 3.77. The van der Waals surface area contributed by atoms with Gasteiger partial charge in [0.25, 0.3) is 0 Å². The zero-order valence-electron chi connectivity index (χ0n) is 12.5. The lowest BCUT2D eigenvalue weighted by Gasteiger charge is -2.08. The molecule has 0 saturated heterocycles. The van der Waals surface area contributed by atoms with Gasteiger partial charge < -0.3 is 5.32 Å². The fourth-order valence-corrected chi connectivity index (χ4v) is 2.63. The van der Waals surface area contributed by atoms with Crippen molar-refractivity contribution in [3.8, 4) is 0 Å². The third-order valence-electron chi connectivity index (χ3n) is 3.77. The minimum Gasteiger partial charge on any atom is -0.370 e. The molecule has 0 bridgehead atoms. The van der Waals surface area contributed by atoms with Gasteiger partial charge in [0.1, 0.15) is 5.82 Å². The van der Waals surface area contributed by atoms with Crippen LogP contribution < -0.4 is 5.32 Å². The van der Waals surface area contributed by atoms with Crippen molar-refractivity contribution in [3.05, 3.63) is 65.6 Å². The molecule has 0 aliphatic carbocycles. The first-order chi connectivity index (χ1) is 11.2. The van der Waals surface area contributed by atoms with Gasteiger partial charge in [-0.15, -0.1) is 14.8 Å². The van der Waals surface area contributed by atoms with Gasteiger partial charge in [0, 0.05) is 18.9 Å². The number of anilines is 1. The lowest BCUT2D eigenvalue weighted by molar-refractivity contribution is 0.627. The average molecular weight is 307 g/mol. The molecule has 0 radical (unpaired) electrons. The van der Waals surface area contributed by atoms with E-state index in [0.717, 1.165) is 27.8 Å². The highest BCUT2D eigenvalue weighted by Crippen LogP contribution is 2.21. The van der Waals surface area contributed by atoms with E-state index in [9.17, 15) is 4.39 Å². The molecule has 0 unspecified atom stereocenters. The maximum absolute atomic E-state index is 13.1. The van der Waals surface area contributed by atoms with Crippen molar-refractivity contribution in [2.75, 3.05) is 12.4 Å². The minimum absolute atomic E-state index is 0.245. The molecule has 2 aromatic carbocycles. The molecule has 4 aromatic rings. The number of benzene rings is 2. The highest BCUT2D eigenvalue weighted by Gasteiger charge is 2.13. The maximum atomic E-state index is 13.1. The topological polar surface area (TPSA) is 55.1 Å². The normalized spacial score (nSPS) is 11.2. The van der Waals surface area contributed by atoms with Crippen LogP contribution in [0.4, 0.5) is 10.2 Å². The summed E-state index contributed by atoms with van der Waals surface area (Å²) in [5.41, 5.74) is 3.35. The van der Waals surface area contributed by atoms with Gasteiger partial charge in [-0.2, -0.15) is 0 Å². The molecule has 0 aliphatic rings. The number of hydrogen-bond donors (Lipinski definition) is 1. The SMILES string of the molecule is CNc1nn2nc3ccccc3c2nc1Cc1ccc(F)cc1. The largest absolute Gasteiger partial charge is 0.370 e. The molecule has 5 nitrogen and oxygen atoms in total. The van der Waals surface area contributed by atoms with Crippen molar-refractivity contribution >= 4 is 22.4 Å². The zero-order valence-corrected chi connectivity index (χ0v) is 12.5. The lowest BCUT2D eigenvalue weighted by atomic mass is 10.1. The smallest absolute Gasteiger partial charge is 0.184 e. The summed E-state index contributed by atoms with van der Waals surface area (Å²) in [6, 6.07) is 14.2. The second-order valence-corrected chi connectivity index (χ2v) is 5.29. The van der Waals surface area contributed by atoms with E-state index in [4.69, 9.17) is 4.98 Å². The number of nitrogens with one attached hydrogen (secondary N) is 1. The Morgan fingerprint density at radius 3 is 2.61 bits per heavy atom. The first kappa shape index (κ1) is 13.6. The van der Waals surface area contributed by atoms with E-state index in [1.165, 1.54) is 12.1 Å². The van der Waals surface area contributed by atoms with Gasteiger partial charge in [-0.3, -0.25) is 0 Å². The Bertz CT molecular complexity index is 991. The number of hydrogen-bond acceptors (Lipinski definition) is 4. The molecule has 6 heteroatoms. The predicted molar refractivity (Wildman–Crippen MR) is 87.0 cm³/mol. The summed E-state index contributed by atoms with van der Waals surface area (Å²) < 4.78 is 14.6. The van der Waals surface area contributed by atoms with Gasteiger partial charge in [0.05, 0.1) is 11.2 Å². The van der Waals surface area contributed by atoms with Crippen LogP contribution in [0.3, 0.4) is 0 Å². The zero-order chi connectivity index (χ0) is 15.8. The van der Waals surface area contributed by atoms with Crippen molar-refractivity contribution in [2.45, 2.75) is 6.42 Å². The summed E-state index contributed by atoms with van der Waals surface area (Å²) in [5, 5.41) is 13.0. The second kappa shape index (κ2) is 5.31. The van der Waals surface area contributed by atoms with E-state index in [1.807, 2.05) is 24.3 Å². The van der Waals surface area contributed by atoms with E-state index < -0.39 is 0 Å². The lowest BCUT2D eigenvalue weighted by Crippen LogP contribution is -2.08. The molecular formula is C17H14FN5. The van der Waals surface area contributed by atoms with E-state index >= 15 is 0 Å².